The Bertz CT molecular complexity index is 527. The number of nitrogens with zero attached hydrogens (tertiary/aromatic N) is 1. The molecular weight excluding hydrogens is 292 g/mol. The molecule has 0 saturated carbocycles. The Morgan fingerprint density at radius 2 is 1.81 bits per heavy atom. The monoisotopic (exact) mass is 310 g/mol. The second kappa shape index (κ2) is 5.73. The molecule has 1 unspecified atom stereocenters. The molecule has 5 nitrogen and oxygen atoms in total. The highest BCUT2D eigenvalue weighted by Crippen LogP contribution is 2.32. The third kappa shape index (κ3) is 2.56. The fourth-order valence-electron chi connectivity index (χ4n) is 3.38. The van der Waals surface area contributed by atoms with Crippen LogP contribution in [-0.2, 0) is 4.79 Å². The largest absolute Gasteiger partial charge is 0.485 e. The zero-order chi connectivity index (χ0) is 13.5. The van der Waals surface area contributed by atoms with Crippen LogP contribution in [0.5, 0.6) is 11.5 Å². The van der Waals surface area contributed by atoms with Crippen molar-refractivity contribution in [2.75, 3.05) is 32.8 Å². The number of para-hydroxylation sites is 2. The van der Waals surface area contributed by atoms with Gasteiger partial charge < -0.3 is 19.7 Å². The highest BCUT2D eigenvalue weighted by Gasteiger charge is 2.41. The molecule has 2 saturated heterocycles. The number of hydrogen-bond acceptors (Lipinski definition) is 4. The second-order valence-corrected chi connectivity index (χ2v) is 5.79. The van der Waals surface area contributed by atoms with E-state index in [2.05, 4.69) is 5.32 Å². The fraction of sp³-hybridized carbons (Fsp3) is 0.533. The van der Waals surface area contributed by atoms with Crippen LogP contribution in [-0.4, -0.2) is 49.7 Å². The number of halogens is 1. The van der Waals surface area contributed by atoms with Gasteiger partial charge in [0, 0.05) is 26.2 Å². The van der Waals surface area contributed by atoms with E-state index in [1.54, 1.807) is 0 Å². The first-order valence-electron chi connectivity index (χ1n) is 7.19. The van der Waals surface area contributed by atoms with Crippen molar-refractivity contribution in [2.45, 2.75) is 6.10 Å². The first-order chi connectivity index (χ1) is 9.81. The van der Waals surface area contributed by atoms with Gasteiger partial charge in [-0.2, -0.15) is 0 Å². The molecule has 1 N–H and O–H groups in total. The average Bonchev–Trinajstić information content (AvgIpc) is 3.07. The number of likely N-dealkylation sites (tertiary alicyclic amines) is 1. The molecule has 3 aliphatic rings. The van der Waals surface area contributed by atoms with Crippen LogP contribution in [0.4, 0.5) is 0 Å². The minimum atomic E-state index is -0.503. The van der Waals surface area contributed by atoms with Crippen molar-refractivity contribution in [2.24, 2.45) is 11.8 Å². The van der Waals surface area contributed by atoms with E-state index in [9.17, 15) is 4.79 Å². The molecular formula is C15H19ClN2O3. The summed E-state index contributed by atoms with van der Waals surface area (Å²) in [6.45, 7) is 4.05. The minimum Gasteiger partial charge on any atom is -0.485 e. The van der Waals surface area contributed by atoms with Crippen LogP contribution in [0.15, 0.2) is 24.3 Å². The van der Waals surface area contributed by atoms with Gasteiger partial charge in [0.05, 0.1) is 0 Å². The molecule has 0 bridgehead atoms. The Balaban J connectivity index is 0.00000132. The predicted octanol–water partition coefficient (Wildman–Crippen LogP) is 0.926. The van der Waals surface area contributed by atoms with Gasteiger partial charge >= 0.3 is 0 Å². The van der Waals surface area contributed by atoms with Crippen molar-refractivity contribution in [1.29, 1.82) is 0 Å². The fourth-order valence-corrected chi connectivity index (χ4v) is 3.38. The normalized spacial score (nSPS) is 29.7. The standard InChI is InChI=1S/C15H18N2O3.ClH/c18-15(17-7-10-5-16-6-11(10)8-17)14-9-19-12-3-1-2-4-13(12)20-14;/h1-4,10-11,14,16H,5-9H2;1H/t10-,11+,14?;. The molecule has 6 heteroatoms. The van der Waals surface area contributed by atoms with Crippen LogP contribution in [0.3, 0.4) is 0 Å². The van der Waals surface area contributed by atoms with E-state index in [0.29, 0.717) is 24.2 Å². The maximum absolute atomic E-state index is 12.5. The highest BCUT2D eigenvalue weighted by atomic mass is 35.5. The highest BCUT2D eigenvalue weighted by molar-refractivity contribution is 5.85. The van der Waals surface area contributed by atoms with E-state index in [0.717, 1.165) is 31.9 Å². The van der Waals surface area contributed by atoms with Crippen LogP contribution in [0, 0.1) is 11.8 Å². The van der Waals surface area contributed by atoms with Gasteiger partial charge in [-0.3, -0.25) is 4.79 Å². The van der Waals surface area contributed by atoms with E-state index in [-0.39, 0.29) is 18.3 Å². The summed E-state index contributed by atoms with van der Waals surface area (Å²) in [4.78, 5) is 14.5. The van der Waals surface area contributed by atoms with Gasteiger partial charge in [0.15, 0.2) is 11.5 Å². The first-order valence-corrected chi connectivity index (χ1v) is 7.19. The van der Waals surface area contributed by atoms with Crippen molar-refractivity contribution in [3.8, 4) is 11.5 Å². The molecule has 3 heterocycles. The summed E-state index contributed by atoms with van der Waals surface area (Å²) in [5.74, 6) is 2.66. The molecule has 0 spiro atoms. The summed E-state index contributed by atoms with van der Waals surface area (Å²) < 4.78 is 11.4. The molecule has 1 aromatic carbocycles. The zero-order valence-corrected chi connectivity index (χ0v) is 12.5. The minimum absolute atomic E-state index is 0. The van der Waals surface area contributed by atoms with Crippen molar-refractivity contribution in [3.63, 3.8) is 0 Å². The number of rotatable bonds is 1. The lowest BCUT2D eigenvalue weighted by Crippen LogP contribution is -2.46. The quantitative estimate of drug-likeness (QED) is 0.838. The van der Waals surface area contributed by atoms with Gasteiger partial charge in [-0.25, -0.2) is 0 Å². The summed E-state index contributed by atoms with van der Waals surface area (Å²) in [5.41, 5.74) is 0. The Morgan fingerprint density at radius 1 is 1.14 bits per heavy atom. The molecule has 0 aromatic heterocycles. The maximum Gasteiger partial charge on any atom is 0.267 e. The molecule has 0 aliphatic carbocycles. The van der Waals surface area contributed by atoms with Crippen LogP contribution in [0.2, 0.25) is 0 Å². The topological polar surface area (TPSA) is 50.8 Å². The average molecular weight is 311 g/mol. The Kier molecular flexibility index (Phi) is 3.95. The Hall–Kier alpha value is -1.46. The lowest BCUT2D eigenvalue weighted by atomic mass is 10.0. The molecule has 2 fully saturated rings. The smallest absolute Gasteiger partial charge is 0.267 e. The number of benzene rings is 1. The van der Waals surface area contributed by atoms with Gasteiger partial charge in [0.2, 0.25) is 6.10 Å². The SMILES string of the molecule is Cl.O=C(C1COc2ccccc2O1)N1C[C@H]2CNC[C@H]2C1. The summed E-state index contributed by atoms with van der Waals surface area (Å²) in [5, 5.41) is 3.38. The number of amides is 1. The number of nitrogens with one attached hydrogen (secondary N) is 1. The summed E-state index contributed by atoms with van der Waals surface area (Å²) in [6, 6.07) is 7.50. The summed E-state index contributed by atoms with van der Waals surface area (Å²) in [7, 11) is 0. The number of ether oxygens (including phenoxy) is 2. The van der Waals surface area contributed by atoms with Crippen LogP contribution in [0.1, 0.15) is 0 Å². The molecule has 3 atom stereocenters. The third-order valence-electron chi connectivity index (χ3n) is 4.49. The summed E-state index contributed by atoms with van der Waals surface area (Å²) >= 11 is 0. The number of carbonyl (C=O) groups excluding carboxylic acids is 1. The van der Waals surface area contributed by atoms with E-state index in [4.69, 9.17) is 9.47 Å². The molecule has 0 radical (unpaired) electrons. The van der Waals surface area contributed by atoms with Crippen LogP contribution < -0.4 is 14.8 Å². The molecule has 4 rings (SSSR count). The number of carbonyl (C=O) groups is 1. The van der Waals surface area contributed by atoms with E-state index in [1.807, 2.05) is 29.2 Å². The van der Waals surface area contributed by atoms with Gasteiger partial charge in [-0.1, -0.05) is 12.1 Å². The van der Waals surface area contributed by atoms with Crippen LogP contribution in [0.25, 0.3) is 0 Å². The lowest BCUT2D eigenvalue weighted by Gasteiger charge is -2.29. The van der Waals surface area contributed by atoms with Crippen molar-refractivity contribution in [1.82, 2.24) is 10.2 Å². The van der Waals surface area contributed by atoms with Gasteiger partial charge in [-0.05, 0) is 24.0 Å². The Labute approximate surface area is 130 Å². The maximum atomic E-state index is 12.5. The van der Waals surface area contributed by atoms with Crippen molar-refractivity contribution in [3.05, 3.63) is 24.3 Å². The summed E-state index contributed by atoms with van der Waals surface area (Å²) in [6.07, 6.45) is -0.503. The van der Waals surface area contributed by atoms with Crippen molar-refractivity contribution < 1.29 is 14.3 Å². The molecule has 3 aliphatic heterocycles. The first kappa shape index (κ1) is 14.5. The molecule has 1 amide bonds. The predicted molar refractivity (Wildman–Crippen MR) is 80.0 cm³/mol. The van der Waals surface area contributed by atoms with Gasteiger partial charge in [0.1, 0.15) is 6.61 Å². The van der Waals surface area contributed by atoms with Crippen molar-refractivity contribution >= 4 is 18.3 Å². The third-order valence-corrected chi connectivity index (χ3v) is 4.49. The van der Waals surface area contributed by atoms with E-state index >= 15 is 0 Å². The number of fused-ring (bicyclic) bond motifs is 2. The second-order valence-electron chi connectivity index (χ2n) is 5.79. The van der Waals surface area contributed by atoms with Crippen LogP contribution >= 0.6 is 12.4 Å². The Morgan fingerprint density at radius 3 is 2.52 bits per heavy atom. The van der Waals surface area contributed by atoms with E-state index in [1.165, 1.54) is 0 Å². The lowest BCUT2D eigenvalue weighted by molar-refractivity contribution is -0.140. The molecule has 114 valence electrons. The van der Waals surface area contributed by atoms with Gasteiger partial charge in [0.25, 0.3) is 5.91 Å². The zero-order valence-electron chi connectivity index (χ0n) is 11.7. The molecule has 1 aromatic rings. The van der Waals surface area contributed by atoms with Gasteiger partial charge in [-0.15, -0.1) is 12.4 Å². The number of hydrogen-bond donors (Lipinski definition) is 1. The molecule has 21 heavy (non-hydrogen) atoms. The van der Waals surface area contributed by atoms with E-state index < -0.39 is 6.10 Å².